The normalized spacial score (nSPS) is 10.6. The molecule has 0 fully saturated rings. The number of esters is 1. The minimum absolute atomic E-state index is 0.0433. The Morgan fingerprint density at radius 1 is 1.06 bits per heavy atom. The average Bonchev–Trinajstić information content (AvgIpc) is 3.20. The van der Waals surface area contributed by atoms with Gasteiger partial charge in [-0.15, -0.1) is 11.3 Å². The maximum atomic E-state index is 12.9. The van der Waals surface area contributed by atoms with Gasteiger partial charge >= 0.3 is 5.97 Å². The van der Waals surface area contributed by atoms with Gasteiger partial charge in [0.1, 0.15) is 11.5 Å². The number of aromatic nitrogens is 2. The maximum Gasteiger partial charge on any atom is 0.311 e. The molecule has 0 saturated carbocycles. The SMILES string of the molecule is CCOC(=O)Cc1csc(NC(=O)c2cc(Oc3ccc(OC)cc3)nc(OC(C)C)c2)n1. The zero-order chi connectivity index (χ0) is 23.8. The molecule has 10 heteroatoms. The Balaban J connectivity index is 1.77. The fraction of sp³-hybridized carbons (Fsp3) is 0.304. The lowest BCUT2D eigenvalue weighted by atomic mass is 10.2. The lowest BCUT2D eigenvalue weighted by molar-refractivity contribution is -0.142. The average molecular weight is 472 g/mol. The second-order valence-electron chi connectivity index (χ2n) is 7.06. The first-order chi connectivity index (χ1) is 15.9. The molecular weight excluding hydrogens is 446 g/mol. The number of pyridine rings is 1. The van der Waals surface area contributed by atoms with E-state index in [1.807, 2.05) is 13.8 Å². The molecule has 1 amide bonds. The highest BCUT2D eigenvalue weighted by Crippen LogP contribution is 2.27. The molecular formula is C23H25N3O6S. The van der Waals surface area contributed by atoms with Gasteiger partial charge in [-0.3, -0.25) is 14.9 Å². The van der Waals surface area contributed by atoms with Gasteiger partial charge in [-0.05, 0) is 45.0 Å². The second-order valence-corrected chi connectivity index (χ2v) is 7.91. The summed E-state index contributed by atoms with van der Waals surface area (Å²) in [6, 6.07) is 10.0. The van der Waals surface area contributed by atoms with E-state index in [-0.39, 0.29) is 35.8 Å². The van der Waals surface area contributed by atoms with Crippen LogP contribution < -0.4 is 19.5 Å². The van der Waals surface area contributed by atoms with Crippen LogP contribution in [0.15, 0.2) is 41.8 Å². The van der Waals surface area contributed by atoms with E-state index < -0.39 is 5.91 Å². The Hall–Kier alpha value is -3.66. The van der Waals surface area contributed by atoms with Gasteiger partial charge in [0.25, 0.3) is 5.91 Å². The van der Waals surface area contributed by atoms with E-state index in [0.29, 0.717) is 28.9 Å². The standard InChI is InChI=1S/C23H25N3O6S/c1-5-30-21(27)12-16-13-33-23(24-16)26-22(28)15-10-19(31-14(2)3)25-20(11-15)32-18-8-6-17(29-4)7-9-18/h6-11,13-14H,5,12H2,1-4H3,(H,24,26,28). The van der Waals surface area contributed by atoms with Crippen molar-refractivity contribution in [2.24, 2.45) is 0 Å². The smallest absolute Gasteiger partial charge is 0.311 e. The molecule has 0 aliphatic carbocycles. The number of carbonyl (C=O) groups excluding carboxylic acids is 2. The molecule has 2 aromatic heterocycles. The van der Waals surface area contributed by atoms with Crippen LogP contribution in [0.5, 0.6) is 23.3 Å². The number of ether oxygens (including phenoxy) is 4. The molecule has 174 valence electrons. The fourth-order valence-electron chi connectivity index (χ4n) is 2.71. The molecule has 3 rings (SSSR count). The lowest BCUT2D eigenvalue weighted by Gasteiger charge is -2.13. The molecule has 2 heterocycles. The number of thiazole rings is 1. The number of carbonyl (C=O) groups is 2. The summed E-state index contributed by atoms with van der Waals surface area (Å²) in [5.41, 5.74) is 0.808. The van der Waals surface area contributed by atoms with Crippen molar-refractivity contribution in [2.75, 3.05) is 19.0 Å². The highest BCUT2D eigenvalue weighted by molar-refractivity contribution is 7.14. The van der Waals surface area contributed by atoms with Crippen molar-refractivity contribution in [3.8, 4) is 23.3 Å². The number of nitrogens with one attached hydrogen (secondary N) is 1. The molecule has 33 heavy (non-hydrogen) atoms. The maximum absolute atomic E-state index is 12.9. The molecule has 1 N–H and O–H groups in total. The molecule has 0 bridgehead atoms. The minimum Gasteiger partial charge on any atom is -0.497 e. The van der Waals surface area contributed by atoms with E-state index in [0.717, 1.165) is 0 Å². The predicted octanol–water partition coefficient (Wildman–Crippen LogP) is 4.48. The molecule has 3 aromatic rings. The van der Waals surface area contributed by atoms with Crippen molar-refractivity contribution in [3.05, 3.63) is 53.0 Å². The minimum atomic E-state index is -0.414. The monoisotopic (exact) mass is 471 g/mol. The largest absolute Gasteiger partial charge is 0.497 e. The van der Waals surface area contributed by atoms with Crippen molar-refractivity contribution in [1.29, 1.82) is 0 Å². The Bertz CT molecular complexity index is 1100. The zero-order valence-corrected chi connectivity index (χ0v) is 19.6. The highest BCUT2D eigenvalue weighted by Gasteiger charge is 2.16. The van der Waals surface area contributed by atoms with Gasteiger partial charge in [-0.1, -0.05) is 0 Å². The first-order valence-corrected chi connectivity index (χ1v) is 11.2. The van der Waals surface area contributed by atoms with Gasteiger partial charge < -0.3 is 18.9 Å². The van der Waals surface area contributed by atoms with Crippen molar-refractivity contribution >= 4 is 28.3 Å². The Labute approximate surface area is 195 Å². The number of rotatable bonds is 10. The summed E-state index contributed by atoms with van der Waals surface area (Å²) < 4.78 is 21.6. The van der Waals surface area contributed by atoms with Crippen LogP contribution in [-0.2, 0) is 16.0 Å². The highest BCUT2D eigenvalue weighted by atomic mass is 32.1. The van der Waals surface area contributed by atoms with Crippen LogP contribution in [0.1, 0.15) is 36.8 Å². The number of nitrogens with zero attached hydrogens (tertiary/aromatic N) is 2. The molecule has 0 spiro atoms. The summed E-state index contributed by atoms with van der Waals surface area (Å²) in [5.74, 6) is 0.889. The molecule has 0 saturated heterocycles. The third kappa shape index (κ3) is 7.18. The molecule has 9 nitrogen and oxygen atoms in total. The van der Waals surface area contributed by atoms with Crippen LogP contribution in [0.25, 0.3) is 0 Å². The van der Waals surface area contributed by atoms with E-state index in [4.69, 9.17) is 18.9 Å². The molecule has 0 aliphatic rings. The number of methoxy groups -OCH3 is 1. The molecule has 0 radical (unpaired) electrons. The Morgan fingerprint density at radius 2 is 1.76 bits per heavy atom. The third-order valence-electron chi connectivity index (χ3n) is 4.08. The Morgan fingerprint density at radius 3 is 2.42 bits per heavy atom. The Kier molecular flexibility index (Phi) is 8.20. The third-order valence-corrected chi connectivity index (χ3v) is 4.89. The van der Waals surface area contributed by atoms with Gasteiger partial charge in [-0.25, -0.2) is 4.98 Å². The molecule has 0 aliphatic heterocycles. The number of benzene rings is 1. The van der Waals surface area contributed by atoms with E-state index in [2.05, 4.69) is 15.3 Å². The fourth-order valence-corrected chi connectivity index (χ4v) is 3.41. The molecule has 0 unspecified atom stereocenters. The van der Waals surface area contributed by atoms with Crippen molar-refractivity contribution in [1.82, 2.24) is 9.97 Å². The van der Waals surface area contributed by atoms with E-state index >= 15 is 0 Å². The van der Waals surface area contributed by atoms with Gasteiger partial charge in [-0.2, -0.15) is 4.98 Å². The lowest BCUT2D eigenvalue weighted by Crippen LogP contribution is -2.14. The topological polar surface area (TPSA) is 109 Å². The zero-order valence-electron chi connectivity index (χ0n) is 18.8. The van der Waals surface area contributed by atoms with Crippen LogP contribution in [0.4, 0.5) is 5.13 Å². The van der Waals surface area contributed by atoms with Crippen molar-refractivity contribution in [3.63, 3.8) is 0 Å². The van der Waals surface area contributed by atoms with Gasteiger partial charge in [0, 0.05) is 17.5 Å². The first kappa shape index (κ1) is 24.0. The summed E-state index contributed by atoms with van der Waals surface area (Å²) in [6.45, 7) is 5.76. The summed E-state index contributed by atoms with van der Waals surface area (Å²) in [6.07, 6.45) is -0.101. The van der Waals surface area contributed by atoms with E-state index in [1.54, 1.807) is 43.7 Å². The molecule has 1 aromatic carbocycles. The molecule has 0 atom stereocenters. The summed E-state index contributed by atoms with van der Waals surface area (Å²) in [5, 5.41) is 4.79. The summed E-state index contributed by atoms with van der Waals surface area (Å²) in [7, 11) is 1.58. The van der Waals surface area contributed by atoms with E-state index in [9.17, 15) is 9.59 Å². The quantitative estimate of drug-likeness (QED) is 0.431. The predicted molar refractivity (Wildman–Crippen MR) is 123 cm³/mol. The van der Waals surface area contributed by atoms with Gasteiger partial charge in [0.2, 0.25) is 11.8 Å². The number of amides is 1. The summed E-state index contributed by atoms with van der Waals surface area (Å²) in [4.78, 5) is 33.1. The first-order valence-electron chi connectivity index (χ1n) is 10.3. The van der Waals surface area contributed by atoms with Gasteiger partial charge in [0.05, 0.1) is 37.5 Å². The number of anilines is 1. The van der Waals surface area contributed by atoms with Crippen molar-refractivity contribution < 1.29 is 28.5 Å². The van der Waals surface area contributed by atoms with E-state index in [1.165, 1.54) is 23.5 Å². The summed E-state index contributed by atoms with van der Waals surface area (Å²) >= 11 is 1.22. The number of hydrogen-bond donors (Lipinski definition) is 1. The van der Waals surface area contributed by atoms with Crippen LogP contribution in [0.3, 0.4) is 0 Å². The second kappa shape index (κ2) is 11.3. The van der Waals surface area contributed by atoms with Crippen LogP contribution >= 0.6 is 11.3 Å². The van der Waals surface area contributed by atoms with Crippen LogP contribution in [0, 0.1) is 0 Å². The van der Waals surface area contributed by atoms with Crippen LogP contribution in [0.2, 0.25) is 0 Å². The van der Waals surface area contributed by atoms with Crippen LogP contribution in [-0.4, -0.2) is 41.7 Å². The van der Waals surface area contributed by atoms with Crippen molar-refractivity contribution in [2.45, 2.75) is 33.3 Å². The number of hydrogen-bond acceptors (Lipinski definition) is 9. The van der Waals surface area contributed by atoms with Gasteiger partial charge in [0.15, 0.2) is 5.13 Å².